The minimum absolute atomic E-state index is 0.302. The molecule has 0 spiro atoms. The third-order valence-corrected chi connectivity index (χ3v) is 3.23. The van der Waals surface area contributed by atoms with Crippen LogP contribution in [0.4, 0.5) is 0 Å². The van der Waals surface area contributed by atoms with Gasteiger partial charge in [0.2, 0.25) is 0 Å². The van der Waals surface area contributed by atoms with Crippen LogP contribution in [0.3, 0.4) is 0 Å². The first-order valence-electron chi connectivity index (χ1n) is 5.85. The molecule has 1 unspecified atom stereocenters. The molecule has 0 bridgehead atoms. The zero-order valence-electron chi connectivity index (χ0n) is 9.62. The quantitative estimate of drug-likeness (QED) is 0.796. The second-order valence-electron chi connectivity index (χ2n) is 4.51. The summed E-state index contributed by atoms with van der Waals surface area (Å²) in [5, 5.41) is 17.7. The van der Waals surface area contributed by atoms with E-state index in [-0.39, 0.29) is 0 Å². The van der Waals surface area contributed by atoms with Gasteiger partial charge in [0, 0.05) is 25.6 Å². The van der Waals surface area contributed by atoms with Crippen LogP contribution in [0.5, 0.6) is 0 Å². The number of aliphatic hydroxyl groups excluding tert-OH is 1. The van der Waals surface area contributed by atoms with Gasteiger partial charge in [0.15, 0.2) is 6.10 Å². The molecule has 17 heavy (non-hydrogen) atoms. The van der Waals surface area contributed by atoms with Gasteiger partial charge in [-0.3, -0.25) is 0 Å². The maximum atomic E-state index is 10.4. The molecule has 1 saturated heterocycles. The lowest BCUT2D eigenvalue weighted by Crippen LogP contribution is -2.46. The smallest absolute Gasteiger partial charge is 0.332 e. The lowest BCUT2D eigenvalue weighted by atomic mass is 9.91. The van der Waals surface area contributed by atoms with Crippen LogP contribution in [0.25, 0.3) is 0 Å². The van der Waals surface area contributed by atoms with Crippen LogP contribution in [0.15, 0.2) is 30.3 Å². The summed E-state index contributed by atoms with van der Waals surface area (Å²) in [6.45, 7) is 2.56. The fourth-order valence-corrected chi connectivity index (χ4v) is 2.12. The molecule has 0 radical (unpaired) electrons. The largest absolute Gasteiger partial charge is 0.479 e. The monoisotopic (exact) mass is 235 g/mol. The van der Waals surface area contributed by atoms with Gasteiger partial charge >= 0.3 is 5.97 Å². The van der Waals surface area contributed by atoms with Crippen molar-refractivity contribution in [2.75, 3.05) is 19.6 Å². The highest BCUT2D eigenvalue weighted by Gasteiger charge is 2.28. The number of hydrogen-bond acceptors (Lipinski definition) is 3. The third kappa shape index (κ3) is 3.05. The second-order valence-corrected chi connectivity index (χ2v) is 4.51. The van der Waals surface area contributed by atoms with Crippen molar-refractivity contribution in [3.05, 3.63) is 35.9 Å². The molecule has 0 saturated carbocycles. The van der Waals surface area contributed by atoms with Gasteiger partial charge in [-0.15, -0.1) is 0 Å². The van der Waals surface area contributed by atoms with Crippen LogP contribution in [0, 0.1) is 0 Å². The van der Waals surface area contributed by atoms with E-state index in [2.05, 4.69) is 17.0 Å². The number of carbonyl (C=O) groups is 1. The van der Waals surface area contributed by atoms with E-state index in [1.165, 1.54) is 5.56 Å². The van der Waals surface area contributed by atoms with E-state index in [0.717, 1.165) is 13.1 Å². The first-order chi connectivity index (χ1) is 8.16. The summed E-state index contributed by atoms with van der Waals surface area (Å²) in [6, 6.07) is 10.3. The number of rotatable bonds is 5. The molecule has 1 atom stereocenters. The highest BCUT2D eigenvalue weighted by molar-refractivity contribution is 5.71. The molecular weight excluding hydrogens is 218 g/mol. The lowest BCUT2D eigenvalue weighted by Gasteiger charge is -2.39. The standard InChI is InChI=1S/C13H17NO3/c15-12(13(16)17)6-7-14-8-11(9-14)10-4-2-1-3-5-10/h1-5,11-12,15H,6-9H2,(H,16,17). The molecule has 1 fully saturated rings. The number of aliphatic hydroxyl groups is 1. The number of carboxylic acids is 1. The Kier molecular flexibility index (Phi) is 3.76. The normalized spacial score (nSPS) is 18.6. The van der Waals surface area contributed by atoms with Crippen LogP contribution >= 0.6 is 0 Å². The number of hydrogen-bond donors (Lipinski definition) is 2. The number of likely N-dealkylation sites (tertiary alicyclic amines) is 1. The average molecular weight is 235 g/mol. The Morgan fingerprint density at radius 1 is 1.35 bits per heavy atom. The van der Waals surface area contributed by atoms with Crippen LogP contribution in [-0.4, -0.2) is 46.8 Å². The maximum absolute atomic E-state index is 10.4. The van der Waals surface area contributed by atoms with Crippen molar-refractivity contribution in [1.82, 2.24) is 4.90 Å². The molecule has 1 aliphatic heterocycles. The van der Waals surface area contributed by atoms with Gasteiger partial charge in [-0.2, -0.15) is 0 Å². The van der Waals surface area contributed by atoms with Crippen molar-refractivity contribution >= 4 is 5.97 Å². The van der Waals surface area contributed by atoms with Gasteiger partial charge in [0.05, 0.1) is 0 Å². The zero-order valence-corrected chi connectivity index (χ0v) is 9.62. The molecule has 4 heteroatoms. The molecular formula is C13H17NO3. The molecule has 2 N–H and O–H groups in total. The number of carboxylic acid groups (broad SMARTS) is 1. The fraction of sp³-hybridized carbons (Fsp3) is 0.462. The molecule has 0 amide bonds. The van der Waals surface area contributed by atoms with Gasteiger partial charge < -0.3 is 15.1 Å². The van der Waals surface area contributed by atoms with E-state index < -0.39 is 12.1 Å². The van der Waals surface area contributed by atoms with Crippen LogP contribution < -0.4 is 0 Å². The molecule has 2 rings (SSSR count). The highest BCUT2D eigenvalue weighted by Crippen LogP contribution is 2.26. The van der Waals surface area contributed by atoms with Crippen LogP contribution in [0.1, 0.15) is 17.9 Å². The third-order valence-electron chi connectivity index (χ3n) is 3.23. The Morgan fingerprint density at radius 2 is 2.00 bits per heavy atom. The minimum atomic E-state index is -1.23. The molecule has 1 aromatic carbocycles. The predicted octanol–water partition coefficient (Wildman–Crippen LogP) is 0.921. The minimum Gasteiger partial charge on any atom is -0.479 e. The van der Waals surface area contributed by atoms with E-state index in [1.54, 1.807) is 0 Å². The average Bonchev–Trinajstić information content (AvgIpc) is 2.28. The SMILES string of the molecule is O=C(O)C(O)CCN1CC(c2ccccc2)C1. The van der Waals surface area contributed by atoms with Gasteiger partial charge in [0.1, 0.15) is 0 Å². The summed E-state index contributed by atoms with van der Waals surface area (Å²) in [5.74, 6) is -0.580. The Morgan fingerprint density at radius 3 is 2.59 bits per heavy atom. The molecule has 0 aliphatic carbocycles. The van der Waals surface area contributed by atoms with Crippen molar-refractivity contribution in [3.63, 3.8) is 0 Å². The van der Waals surface area contributed by atoms with Crippen LogP contribution in [-0.2, 0) is 4.79 Å². The van der Waals surface area contributed by atoms with Crippen LogP contribution in [0.2, 0.25) is 0 Å². The number of aliphatic carboxylic acids is 1. The van der Waals surface area contributed by atoms with Crippen molar-refractivity contribution in [2.45, 2.75) is 18.4 Å². The topological polar surface area (TPSA) is 60.8 Å². The molecule has 1 aliphatic rings. The summed E-state index contributed by atoms with van der Waals surface area (Å²) in [6.07, 6.45) is -0.928. The van der Waals surface area contributed by atoms with Crippen molar-refractivity contribution in [3.8, 4) is 0 Å². The van der Waals surface area contributed by atoms with Crippen molar-refractivity contribution in [2.24, 2.45) is 0 Å². The first-order valence-corrected chi connectivity index (χ1v) is 5.85. The molecule has 1 heterocycles. The second kappa shape index (κ2) is 5.29. The van der Waals surface area contributed by atoms with Gasteiger partial charge in [-0.1, -0.05) is 30.3 Å². The summed E-state index contributed by atoms with van der Waals surface area (Å²) >= 11 is 0. The maximum Gasteiger partial charge on any atom is 0.332 e. The molecule has 92 valence electrons. The summed E-state index contributed by atoms with van der Waals surface area (Å²) in [5.41, 5.74) is 1.34. The Hall–Kier alpha value is -1.39. The van der Waals surface area contributed by atoms with E-state index >= 15 is 0 Å². The first kappa shape index (κ1) is 12.1. The van der Waals surface area contributed by atoms with E-state index in [9.17, 15) is 4.79 Å². The van der Waals surface area contributed by atoms with Gasteiger partial charge in [-0.05, 0) is 12.0 Å². The Balaban J connectivity index is 1.71. The van der Waals surface area contributed by atoms with Gasteiger partial charge in [-0.25, -0.2) is 4.79 Å². The molecule has 1 aromatic rings. The Labute approximate surface area is 100 Å². The zero-order chi connectivity index (χ0) is 12.3. The highest BCUT2D eigenvalue weighted by atomic mass is 16.4. The molecule has 4 nitrogen and oxygen atoms in total. The summed E-state index contributed by atoms with van der Waals surface area (Å²) in [4.78, 5) is 12.6. The van der Waals surface area contributed by atoms with Gasteiger partial charge in [0.25, 0.3) is 0 Å². The number of benzene rings is 1. The number of nitrogens with zero attached hydrogens (tertiary/aromatic N) is 1. The van der Waals surface area contributed by atoms with E-state index in [1.807, 2.05) is 18.2 Å². The van der Waals surface area contributed by atoms with E-state index in [4.69, 9.17) is 10.2 Å². The van der Waals surface area contributed by atoms with Crippen molar-refractivity contribution in [1.29, 1.82) is 0 Å². The lowest BCUT2D eigenvalue weighted by molar-refractivity contribution is -0.147. The van der Waals surface area contributed by atoms with Crippen molar-refractivity contribution < 1.29 is 15.0 Å². The van der Waals surface area contributed by atoms with E-state index in [0.29, 0.717) is 18.9 Å². The molecule has 0 aromatic heterocycles. The fourth-order valence-electron chi connectivity index (χ4n) is 2.12. The summed E-state index contributed by atoms with van der Waals surface area (Å²) in [7, 11) is 0. The summed E-state index contributed by atoms with van der Waals surface area (Å²) < 4.78 is 0. The predicted molar refractivity (Wildman–Crippen MR) is 63.9 cm³/mol. The Bertz CT molecular complexity index is 374.